The van der Waals surface area contributed by atoms with Crippen molar-refractivity contribution < 1.29 is 29.9 Å². The summed E-state index contributed by atoms with van der Waals surface area (Å²) in [6.07, 6.45) is -3.56. The van der Waals surface area contributed by atoms with Crippen LogP contribution in [-0.2, 0) is 34.7 Å². The molecule has 8 heteroatoms. The fourth-order valence-electron chi connectivity index (χ4n) is 4.39. The molecule has 1 fully saturated rings. The van der Waals surface area contributed by atoms with E-state index >= 15 is 0 Å². The van der Waals surface area contributed by atoms with Crippen molar-refractivity contribution in [1.82, 2.24) is 0 Å². The normalized spacial score (nSPS) is 31.0. The van der Waals surface area contributed by atoms with Gasteiger partial charge in [-0.05, 0) is 52.6 Å². The van der Waals surface area contributed by atoms with E-state index in [0.29, 0.717) is 5.56 Å². The lowest BCUT2D eigenvalue weighted by Gasteiger charge is -2.46. The van der Waals surface area contributed by atoms with Crippen molar-refractivity contribution in [3.63, 3.8) is 0 Å². The van der Waals surface area contributed by atoms with Gasteiger partial charge in [0.1, 0.15) is 24.4 Å². The van der Waals surface area contributed by atoms with Crippen LogP contribution < -0.4 is 0 Å². The predicted octanol–water partition coefficient (Wildman–Crippen LogP) is 2.27. The molecule has 4 heterocycles. The third-order valence-electron chi connectivity index (χ3n) is 6.08. The molecule has 0 saturated carbocycles. The van der Waals surface area contributed by atoms with Gasteiger partial charge in [-0.15, -0.1) is 22.7 Å². The van der Waals surface area contributed by atoms with Gasteiger partial charge in [-0.2, -0.15) is 0 Å². The highest BCUT2D eigenvalue weighted by molar-refractivity contribution is 7.17. The van der Waals surface area contributed by atoms with Gasteiger partial charge in [-0.1, -0.05) is 6.92 Å². The van der Waals surface area contributed by atoms with E-state index in [1.807, 2.05) is 23.5 Å². The van der Waals surface area contributed by atoms with Crippen LogP contribution in [0.3, 0.4) is 0 Å². The van der Waals surface area contributed by atoms with Crippen LogP contribution in [0.5, 0.6) is 0 Å². The number of benzene rings is 1. The van der Waals surface area contributed by atoms with Crippen LogP contribution >= 0.6 is 22.7 Å². The SMILES string of the molecule is CCc1ccc(Cc2csc3cc4c(cc23)[C@]2(OC4)O[C@H](CO)[C@@H](O)[C@H](O)[C@H]2O)s1. The standard InChI is InChI=1S/C22H24O6S2/c1-2-13-3-4-14(30-13)5-12-10-29-18-6-11-9-27-22(16(11)7-15(12)18)21(26)20(25)19(24)17(8-23)28-22/h3-4,6-7,10,17,19-21,23-26H,2,5,8-9H2,1H3/t17-,19-,20+,21-,22+/m1/s1. The molecule has 5 rings (SSSR count). The first-order chi connectivity index (χ1) is 14.5. The Kier molecular flexibility index (Phi) is 5.24. The highest BCUT2D eigenvalue weighted by Gasteiger charge is 2.58. The Bertz CT molecular complexity index is 1070. The van der Waals surface area contributed by atoms with E-state index < -0.39 is 36.8 Å². The van der Waals surface area contributed by atoms with Gasteiger partial charge >= 0.3 is 0 Å². The second-order valence-electron chi connectivity index (χ2n) is 7.89. The highest BCUT2D eigenvalue weighted by Crippen LogP contribution is 2.48. The van der Waals surface area contributed by atoms with Crippen LogP contribution in [0.1, 0.15) is 33.4 Å². The molecule has 0 bridgehead atoms. The van der Waals surface area contributed by atoms with E-state index in [1.54, 1.807) is 11.3 Å². The van der Waals surface area contributed by atoms with Crippen LogP contribution in [-0.4, -0.2) is 51.4 Å². The Labute approximate surface area is 181 Å². The number of rotatable bonds is 4. The molecule has 2 aromatic heterocycles. The lowest BCUT2D eigenvalue weighted by molar-refractivity contribution is -0.368. The molecule has 3 aromatic rings. The number of fused-ring (bicyclic) bond motifs is 3. The van der Waals surface area contributed by atoms with Crippen LogP contribution in [0.2, 0.25) is 0 Å². The summed E-state index contributed by atoms with van der Waals surface area (Å²) < 4.78 is 12.9. The number of aliphatic hydroxyl groups is 4. The molecule has 6 nitrogen and oxygen atoms in total. The van der Waals surface area contributed by atoms with Crippen LogP contribution in [0.4, 0.5) is 0 Å². The minimum atomic E-state index is -1.60. The number of aryl methyl sites for hydroxylation is 1. The van der Waals surface area contributed by atoms with E-state index in [0.717, 1.165) is 28.5 Å². The second-order valence-corrected chi connectivity index (χ2v) is 10.0. The van der Waals surface area contributed by atoms with Crippen LogP contribution in [0.25, 0.3) is 10.1 Å². The average Bonchev–Trinajstić information content (AvgIpc) is 3.47. The largest absolute Gasteiger partial charge is 0.394 e. The molecule has 4 N–H and O–H groups in total. The minimum Gasteiger partial charge on any atom is -0.394 e. The lowest BCUT2D eigenvalue weighted by atomic mass is 9.87. The van der Waals surface area contributed by atoms with Gasteiger partial charge in [-0.25, -0.2) is 0 Å². The topological polar surface area (TPSA) is 99.4 Å². The van der Waals surface area contributed by atoms with Gasteiger partial charge in [0.2, 0.25) is 5.79 Å². The molecule has 5 atom stereocenters. The van der Waals surface area contributed by atoms with E-state index in [4.69, 9.17) is 9.47 Å². The smallest absolute Gasteiger partial charge is 0.225 e. The zero-order chi connectivity index (χ0) is 21.0. The first-order valence-corrected chi connectivity index (χ1v) is 11.7. The molecule has 1 spiro atoms. The second kappa shape index (κ2) is 7.65. The number of thiophene rings is 2. The Morgan fingerprint density at radius 2 is 1.93 bits per heavy atom. The molecule has 30 heavy (non-hydrogen) atoms. The van der Waals surface area contributed by atoms with Crippen molar-refractivity contribution in [3.8, 4) is 0 Å². The lowest BCUT2D eigenvalue weighted by Crippen LogP contribution is -2.63. The summed E-state index contributed by atoms with van der Waals surface area (Å²) in [5.74, 6) is -1.60. The van der Waals surface area contributed by atoms with Crippen molar-refractivity contribution in [2.45, 2.75) is 56.6 Å². The summed E-state index contributed by atoms with van der Waals surface area (Å²) in [4.78, 5) is 2.66. The summed E-state index contributed by atoms with van der Waals surface area (Å²) in [5, 5.41) is 44.1. The zero-order valence-electron chi connectivity index (χ0n) is 16.4. The van der Waals surface area contributed by atoms with E-state index in [9.17, 15) is 20.4 Å². The van der Waals surface area contributed by atoms with Crippen molar-refractivity contribution in [3.05, 3.63) is 56.1 Å². The highest BCUT2D eigenvalue weighted by atomic mass is 32.1. The third-order valence-corrected chi connectivity index (χ3v) is 8.30. The molecule has 0 unspecified atom stereocenters. The van der Waals surface area contributed by atoms with Gasteiger partial charge in [-0.3, -0.25) is 0 Å². The first kappa shape index (κ1) is 20.5. The Balaban J connectivity index is 1.56. The van der Waals surface area contributed by atoms with Crippen LogP contribution in [0.15, 0.2) is 29.6 Å². The Morgan fingerprint density at radius 1 is 1.13 bits per heavy atom. The van der Waals surface area contributed by atoms with Gasteiger partial charge in [0.25, 0.3) is 0 Å². The van der Waals surface area contributed by atoms with Crippen molar-refractivity contribution in [1.29, 1.82) is 0 Å². The summed E-state index contributed by atoms with van der Waals surface area (Å²) in [7, 11) is 0. The molecule has 1 saturated heterocycles. The molecule has 1 aromatic carbocycles. The van der Waals surface area contributed by atoms with E-state index in [-0.39, 0.29) is 6.61 Å². The van der Waals surface area contributed by atoms with Crippen molar-refractivity contribution in [2.75, 3.05) is 6.61 Å². The Morgan fingerprint density at radius 3 is 2.67 bits per heavy atom. The average molecular weight is 449 g/mol. The summed E-state index contributed by atoms with van der Waals surface area (Å²) >= 11 is 3.49. The van der Waals surface area contributed by atoms with Crippen molar-refractivity contribution >= 4 is 32.8 Å². The number of aliphatic hydroxyl groups excluding tert-OH is 4. The fraction of sp³-hybridized carbons (Fsp3) is 0.455. The molecule has 0 aliphatic carbocycles. The molecule has 0 radical (unpaired) electrons. The summed E-state index contributed by atoms with van der Waals surface area (Å²) in [6.45, 7) is 1.88. The quantitative estimate of drug-likeness (QED) is 0.489. The van der Waals surface area contributed by atoms with Gasteiger partial charge in [0, 0.05) is 26.4 Å². The Hall–Kier alpha value is -1.36. The fourth-order valence-corrected chi connectivity index (χ4v) is 6.38. The van der Waals surface area contributed by atoms with Gasteiger partial charge < -0.3 is 29.9 Å². The molecule has 160 valence electrons. The molecule has 2 aliphatic heterocycles. The maximum Gasteiger partial charge on any atom is 0.225 e. The molecule has 2 aliphatic rings. The van der Waals surface area contributed by atoms with E-state index in [2.05, 4.69) is 24.4 Å². The van der Waals surface area contributed by atoms with Crippen LogP contribution in [0, 0.1) is 0 Å². The molecular weight excluding hydrogens is 424 g/mol. The first-order valence-electron chi connectivity index (χ1n) is 10.0. The molecular formula is C22H24O6S2. The van der Waals surface area contributed by atoms with Crippen molar-refractivity contribution in [2.24, 2.45) is 0 Å². The molecule has 0 amide bonds. The van der Waals surface area contributed by atoms with Gasteiger partial charge in [0.05, 0.1) is 13.2 Å². The van der Waals surface area contributed by atoms with E-state index in [1.165, 1.54) is 15.3 Å². The summed E-state index contributed by atoms with van der Waals surface area (Å²) in [6, 6.07) is 8.35. The van der Waals surface area contributed by atoms with Gasteiger partial charge in [0.15, 0.2) is 0 Å². The maximum absolute atomic E-state index is 10.8. The zero-order valence-corrected chi connectivity index (χ0v) is 18.1. The predicted molar refractivity (Wildman–Crippen MR) is 115 cm³/mol. The monoisotopic (exact) mass is 448 g/mol. The number of hydrogen-bond donors (Lipinski definition) is 4. The maximum atomic E-state index is 10.8. The number of hydrogen-bond acceptors (Lipinski definition) is 8. The number of ether oxygens (including phenoxy) is 2. The summed E-state index contributed by atoms with van der Waals surface area (Å²) in [5.41, 5.74) is 2.71. The third kappa shape index (κ3) is 3.06. The minimum absolute atomic E-state index is 0.224.